The number of aromatic nitrogens is 2. The molecule has 0 saturated carbocycles. The van der Waals surface area contributed by atoms with Crippen molar-refractivity contribution >= 4 is 16.8 Å². The number of hydrogen-bond acceptors (Lipinski definition) is 5. The van der Waals surface area contributed by atoms with Crippen molar-refractivity contribution in [1.82, 2.24) is 14.5 Å². The highest BCUT2D eigenvalue weighted by molar-refractivity contribution is 5.86. The van der Waals surface area contributed by atoms with Crippen LogP contribution in [0.2, 0.25) is 0 Å². The number of likely N-dealkylation sites (tertiary alicyclic amines) is 1. The smallest absolute Gasteiger partial charge is 0.265 e. The van der Waals surface area contributed by atoms with Gasteiger partial charge in [0, 0.05) is 69.0 Å². The Labute approximate surface area is 250 Å². The number of rotatable bonds is 10. The summed E-state index contributed by atoms with van der Waals surface area (Å²) in [4.78, 5) is 29.6. The van der Waals surface area contributed by atoms with Gasteiger partial charge < -0.3 is 24.9 Å². The second-order valence-electron chi connectivity index (χ2n) is 11.4. The lowest BCUT2D eigenvalue weighted by Crippen LogP contribution is -2.42. The number of carbonyl (C=O) groups is 1. The molecule has 0 bridgehead atoms. The van der Waals surface area contributed by atoms with Gasteiger partial charge in [0.05, 0.1) is 5.52 Å². The van der Waals surface area contributed by atoms with Crippen molar-refractivity contribution < 1.29 is 13.9 Å². The van der Waals surface area contributed by atoms with Crippen LogP contribution in [0.5, 0.6) is 0 Å². The minimum Gasteiger partial charge on any atom is -0.385 e. The number of nitriles is 1. The molecule has 0 spiro atoms. The molecule has 8 nitrogen and oxygen atoms in total. The van der Waals surface area contributed by atoms with E-state index in [4.69, 9.17) is 15.7 Å². The molecule has 0 aliphatic carbocycles. The van der Waals surface area contributed by atoms with Gasteiger partial charge in [0.25, 0.3) is 5.56 Å². The predicted octanol–water partition coefficient (Wildman–Crippen LogP) is 5.02. The number of aromatic amines is 1. The average Bonchev–Trinajstić information content (AvgIpc) is 3.30. The fourth-order valence-electron chi connectivity index (χ4n) is 6.40. The number of hydrogen-bond donors (Lipinski definition) is 2. The number of carbonyl (C=O) groups excluding carboxylic acids is 1. The summed E-state index contributed by atoms with van der Waals surface area (Å²) in [6, 6.07) is 16.1. The van der Waals surface area contributed by atoms with Gasteiger partial charge in [-0.25, -0.2) is 4.39 Å². The zero-order chi connectivity index (χ0) is 30.5. The summed E-state index contributed by atoms with van der Waals surface area (Å²) in [5.41, 5.74) is 11.6. The van der Waals surface area contributed by atoms with E-state index in [-0.39, 0.29) is 35.7 Å². The van der Waals surface area contributed by atoms with Gasteiger partial charge in [-0.05, 0) is 67.0 Å². The molecule has 1 aliphatic heterocycles. The topological polar surface area (TPSA) is 117 Å². The quantitative estimate of drug-likeness (QED) is 0.254. The van der Waals surface area contributed by atoms with Crippen LogP contribution in [0.25, 0.3) is 22.0 Å². The van der Waals surface area contributed by atoms with E-state index in [0.717, 1.165) is 52.6 Å². The van der Waals surface area contributed by atoms with Crippen molar-refractivity contribution in [3.8, 4) is 17.2 Å². The Kier molecular flexibility index (Phi) is 9.39. The highest BCUT2D eigenvalue weighted by atomic mass is 19.1. The van der Waals surface area contributed by atoms with Gasteiger partial charge >= 0.3 is 0 Å². The summed E-state index contributed by atoms with van der Waals surface area (Å²) in [5.74, 6) is -0.0695. The largest absolute Gasteiger partial charge is 0.385 e. The Hall–Kier alpha value is -4.26. The summed E-state index contributed by atoms with van der Waals surface area (Å²) < 4.78 is 22.4. The molecule has 4 aromatic rings. The number of halogens is 1. The number of pyridine rings is 1. The van der Waals surface area contributed by atoms with Gasteiger partial charge in [0.1, 0.15) is 17.4 Å². The molecule has 2 aromatic heterocycles. The maximum absolute atomic E-state index is 15.0. The summed E-state index contributed by atoms with van der Waals surface area (Å²) >= 11 is 0. The van der Waals surface area contributed by atoms with Crippen molar-refractivity contribution in [3.63, 3.8) is 0 Å². The maximum atomic E-state index is 15.0. The number of fused-ring (bicyclic) bond motifs is 1. The molecule has 0 radical (unpaired) electrons. The zero-order valence-corrected chi connectivity index (χ0v) is 24.7. The highest BCUT2D eigenvalue weighted by Gasteiger charge is 2.30. The lowest BCUT2D eigenvalue weighted by Gasteiger charge is -2.34. The Morgan fingerprint density at radius 2 is 2.02 bits per heavy atom. The van der Waals surface area contributed by atoms with Gasteiger partial charge in [-0.2, -0.15) is 5.26 Å². The van der Waals surface area contributed by atoms with E-state index in [1.165, 1.54) is 6.07 Å². The van der Waals surface area contributed by atoms with Crippen LogP contribution in [-0.4, -0.2) is 53.2 Å². The van der Waals surface area contributed by atoms with Crippen molar-refractivity contribution in [1.29, 1.82) is 5.26 Å². The monoisotopic (exact) mass is 583 g/mol. The van der Waals surface area contributed by atoms with Crippen LogP contribution >= 0.6 is 0 Å². The molecule has 2 unspecified atom stereocenters. The van der Waals surface area contributed by atoms with Crippen molar-refractivity contribution in [2.45, 2.75) is 57.5 Å². The molecule has 3 N–H and O–H groups in total. The van der Waals surface area contributed by atoms with E-state index in [9.17, 15) is 9.59 Å². The van der Waals surface area contributed by atoms with Crippen LogP contribution in [0.3, 0.4) is 0 Å². The van der Waals surface area contributed by atoms with Crippen LogP contribution in [0.1, 0.15) is 54.0 Å². The zero-order valence-electron chi connectivity index (χ0n) is 24.7. The predicted molar refractivity (Wildman–Crippen MR) is 165 cm³/mol. The van der Waals surface area contributed by atoms with E-state index < -0.39 is 5.56 Å². The average molecular weight is 584 g/mol. The third kappa shape index (κ3) is 6.56. The van der Waals surface area contributed by atoms with Crippen LogP contribution < -0.4 is 11.3 Å². The molecule has 9 heteroatoms. The molecule has 5 rings (SSSR count). The molecular formula is C34H38FN5O3. The van der Waals surface area contributed by atoms with E-state index in [0.29, 0.717) is 38.2 Å². The summed E-state index contributed by atoms with van der Waals surface area (Å²) in [7, 11) is 1.67. The van der Waals surface area contributed by atoms with Crippen LogP contribution in [0, 0.1) is 24.1 Å². The standard InChI is InChI=1S/C34H38FN5O3/c1-22-29-7-3-8-30(35)33(29)40(14-5-15-43-2)32(22)25-6-4-13-39(21-25)31(41)18-28(37)16-23-9-11-24(12-10-23)27-17-26(19-36)34(42)38-20-27/h3,7-12,17,20,25,28H,4-6,13-16,18,21,37H2,1-2H3,(H,38,42). The first-order valence-corrected chi connectivity index (χ1v) is 14.8. The first kappa shape index (κ1) is 30.2. The first-order chi connectivity index (χ1) is 20.8. The fourth-order valence-corrected chi connectivity index (χ4v) is 6.40. The van der Waals surface area contributed by atoms with E-state index >= 15 is 4.39 Å². The minimum atomic E-state index is -0.410. The van der Waals surface area contributed by atoms with Crippen molar-refractivity contribution in [3.05, 3.63) is 93.3 Å². The molecule has 1 fully saturated rings. The Morgan fingerprint density at radius 1 is 1.23 bits per heavy atom. The molecule has 43 heavy (non-hydrogen) atoms. The third-order valence-electron chi connectivity index (χ3n) is 8.47. The van der Waals surface area contributed by atoms with Crippen LogP contribution in [0.4, 0.5) is 4.39 Å². The van der Waals surface area contributed by atoms with E-state index in [1.54, 1.807) is 25.4 Å². The van der Waals surface area contributed by atoms with Crippen molar-refractivity contribution in [2.75, 3.05) is 26.8 Å². The van der Waals surface area contributed by atoms with E-state index in [1.807, 2.05) is 41.3 Å². The molecule has 1 saturated heterocycles. The van der Waals surface area contributed by atoms with Gasteiger partial charge in [0.15, 0.2) is 0 Å². The van der Waals surface area contributed by atoms with Crippen LogP contribution in [-0.2, 0) is 22.5 Å². The molecule has 2 aromatic carbocycles. The molecular weight excluding hydrogens is 545 g/mol. The number of piperidine rings is 1. The number of aryl methyl sites for hydroxylation is 2. The molecule has 1 amide bonds. The normalized spacial score (nSPS) is 15.9. The summed E-state index contributed by atoms with van der Waals surface area (Å²) in [6.07, 6.45) is 4.97. The lowest BCUT2D eigenvalue weighted by molar-refractivity contribution is -0.132. The van der Waals surface area contributed by atoms with Gasteiger partial charge in [0.2, 0.25) is 5.91 Å². The Balaban J connectivity index is 1.25. The van der Waals surface area contributed by atoms with Gasteiger partial charge in [-0.3, -0.25) is 9.59 Å². The number of benzene rings is 2. The number of nitrogens with zero attached hydrogens (tertiary/aromatic N) is 3. The number of nitrogens with one attached hydrogen (secondary N) is 1. The van der Waals surface area contributed by atoms with Gasteiger partial charge in [-0.1, -0.05) is 36.4 Å². The van der Waals surface area contributed by atoms with Crippen LogP contribution in [0.15, 0.2) is 59.5 Å². The highest BCUT2D eigenvalue weighted by Crippen LogP contribution is 2.37. The number of para-hydroxylation sites is 1. The fraction of sp³-hybridized carbons (Fsp3) is 0.382. The SMILES string of the molecule is COCCCn1c(C2CCCN(C(=O)CC(N)Cc3ccc(-c4c[nH]c(=O)c(C#N)c4)cc3)C2)c(C)c2cccc(F)c21. The number of amides is 1. The van der Waals surface area contributed by atoms with Gasteiger partial charge in [-0.15, -0.1) is 0 Å². The first-order valence-electron chi connectivity index (χ1n) is 14.8. The summed E-state index contributed by atoms with van der Waals surface area (Å²) in [5, 5.41) is 10.1. The Bertz CT molecular complexity index is 1700. The molecule has 1 aliphatic rings. The Morgan fingerprint density at radius 3 is 2.77 bits per heavy atom. The second-order valence-corrected chi connectivity index (χ2v) is 11.4. The molecule has 224 valence electrons. The lowest BCUT2D eigenvalue weighted by atomic mass is 9.91. The third-order valence-corrected chi connectivity index (χ3v) is 8.47. The second kappa shape index (κ2) is 13.4. The molecule has 3 heterocycles. The summed E-state index contributed by atoms with van der Waals surface area (Å²) in [6.45, 7) is 4.60. The number of nitrogens with two attached hydrogens (primary N) is 1. The minimum absolute atomic E-state index is 0.0389. The van der Waals surface area contributed by atoms with E-state index in [2.05, 4.69) is 16.5 Å². The van der Waals surface area contributed by atoms with Crippen molar-refractivity contribution in [2.24, 2.45) is 5.73 Å². The number of H-pyrrole nitrogens is 1. The molecule has 2 atom stereocenters. The maximum Gasteiger partial charge on any atom is 0.265 e. The number of methoxy groups -OCH3 is 1. The number of ether oxygens (including phenoxy) is 1.